The van der Waals surface area contributed by atoms with E-state index >= 15 is 0 Å². The normalized spacial score (nSPS) is 14.3. The zero-order valence-electron chi connectivity index (χ0n) is 21.0. The van der Waals surface area contributed by atoms with Gasteiger partial charge in [0, 0.05) is 36.0 Å². The molecule has 2 aromatic rings. The third-order valence-electron chi connectivity index (χ3n) is 5.79. The van der Waals surface area contributed by atoms with Crippen LogP contribution >= 0.6 is 0 Å². The molecule has 1 aliphatic heterocycles. The first-order valence-electron chi connectivity index (χ1n) is 12.0. The summed E-state index contributed by atoms with van der Waals surface area (Å²) in [4.78, 5) is 17.4. The summed E-state index contributed by atoms with van der Waals surface area (Å²) >= 11 is 0. The second kappa shape index (κ2) is 12.6. The Morgan fingerprint density at radius 3 is 2.50 bits per heavy atom. The number of nitrogens with one attached hydrogen (secondary N) is 4. The maximum Gasteiger partial charge on any atom is 0.259 e. The molecule has 0 aromatic heterocycles. The van der Waals surface area contributed by atoms with Gasteiger partial charge in [-0.05, 0) is 82.4 Å². The van der Waals surface area contributed by atoms with Crippen molar-refractivity contribution in [3.05, 3.63) is 71.9 Å². The molecule has 1 saturated heterocycles. The Labute approximate surface area is 212 Å². The molecule has 9 heteroatoms. The Morgan fingerprint density at radius 1 is 1.11 bits per heavy atom. The molecule has 1 fully saturated rings. The molecule has 1 aliphatic rings. The zero-order valence-corrected chi connectivity index (χ0v) is 21.0. The molecule has 190 valence electrons. The summed E-state index contributed by atoms with van der Waals surface area (Å²) in [5.74, 6) is 0.322. The topological polar surface area (TPSA) is 126 Å². The van der Waals surface area contributed by atoms with E-state index in [9.17, 15) is 4.79 Å². The molecule has 2 aromatic carbocycles. The highest BCUT2D eigenvalue weighted by molar-refractivity contribution is 6.09. The van der Waals surface area contributed by atoms with E-state index in [0.29, 0.717) is 29.2 Å². The van der Waals surface area contributed by atoms with Crippen molar-refractivity contribution in [2.45, 2.75) is 32.7 Å². The predicted octanol–water partition coefficient (Wildman–Crippen LogP) is 4.56. The lowest BCUT2D eigenvalue weighted by Gasteiger charge is -2.36. The van der Waals surface area contributed by atoms with Crippen molar-refractivity contribution in [1.29, 1.82) is 16.2 Å². The van der Waals surface area contributed by atoms with Gasteiger partial charge in [-0.2, -0.15) is 0 Å². The molecule has 0 aliphatic carbocycles. The Hall–Kier alpha value is -3.98. The highest BCUT2D eigenvalue weighted by Gasteiger charge is 2.30. The van der Waals surface area contributed by atoms with Crippen LogP contribution in [-0.2, 0) is 4.74 Å². The number of likely N-dealkylation sites (tertiary alicyclic amines) is 1. The molecular weight excluding hydrogens is 456 g/mol. The number of carbonyl (C=O) groups excluding carboxylic acids is 1. The maximum atomic E-state index is 13.6. The molecule has 1 heterocycles. The van der Waals surface area contributed by atoms with Crippen molar-refractivity contribution in [2.24, 2.45) is 0 Å². The van der Waals surface area contributed by atoms with E-state index in [-0.39, 0.29) is 29.6 Å². The van der Waals surface area contributed by atoms with Crippen molar-refractivity contribution in [3.63, 3.8) is 0 Å². The molecule has 0 atom stereocenters. The fourth-order valence-electron chi connectivity index (χ4n) is 4.01. The van der Waals surface area contributed by atoms with E-state index in [1.54, 1.807) is 53.6 Å². The average Bonchev–Trinajstić information content (AvgIpc) is 2.85. The number of piperidine rings is 1. The highest BCUT2D eigenvalue weighted by Crippen LogP contribution is 2.22. The summed E-state index contributed by atoms with van der Waals surface area (Å²) in [6, 6.07) is 14.0. The Morgan fingerprint density at radius 2 is 1.81 bits per heavy atom. The minimum absolute atomic E-state index is 0.0582. The number of carbonyl (C=O) groups is 1. The molecule has 1 amide bonds. The Bertz CT molecular complexity index is 1140. The second-order valence-corrected chi connectivity index (χ2v) is 8.60. The lowest BCUT2D eigenvalue weighted by molar-refractivity contribution is 0.0748. The largest absolute Gasteiger partial charge is 0.494 e. The number of hydrogen-bond donors (Lipinski definition) is 4. The SMILES string of the molecule is CCOc1cccc(C(=O)N(C(=N)/C=C\Nc2cccc(C(=N)OC(C)=N)c2)C2CCN(C)CC2)c1. The van der Waals surface area contributed by atoms with Crippen molar-refractivity contribution < 1.29 is 14.3 Å². The maximum absolute atomic E-state index is 13.6. The van der Waals surface area contributed by atoms with Crippen LogP contribution in [0.5, 0.6) is 5.75 Å². The number of amides is 1. The molecule has 0 saturated carbocycles. The summed E-state index contributed by atoms with van der Waals surface area (Å²) in [7, 11) is 2.06. The number of nitrogens with zero attached hydrogens (tertiary/aromatic N) is 2. The second-order valence-electron chi connectivity index (χ2n) is 8.60. The summed E-state index contributed by atoms with van der Waals surface area (Å²) in [5.41, 5.74) is 1.69. The van der Waals surface area contributed by atoms with E-state index in [2.05, 4.69) is 17.3 Å². The average molecular weight is 491 g/mol. The quantitative estimate of drug-likeness (QED) is 0.319. The predicted molar refractivity (Wildman–Crippen MR) is 143 cm³/mol. The minimum atomic E-state index is -0.227. The van der Waals surface area contributed by atoms with Gasteiger partial charge in [0.2, 0.25) is 5.90 Å². The number of amidine groups is 1. The summed E-state index contributed by atoms with van der Waals surface area (Å²) in [6.45, 7) is 5.59. The highest BCUT2D eigenvalue weighted by atomic mass is 16.5. The summed E-state index contributed by atoms with van der Waals surface area (Å²) in [5, 5.41) is 27.2. The van der Waals surface area contributed by atoms with Crippen LogP contribution in [-0.4, -0.2) is 66.1 Å². The standard InChI is InChI=1S/C27H34N6O3/c1-4-35-24-10-6-8-21(18-24)27(34)33(23-12-15-32(3)16-13-23)25(29)11-14-31-22-9-5-7-20(17-22)26(30)36-19(2)28/h5-11,14,17-18,23,28-31H,4,12-13,15-16H2,1-3H3/b14-11-,28-19?,29-25?,30-26?. The van der Waals surface area contributed by atoms with Crippen LogP contribution in [0, 0.1) is 16.2 Å². The van der Waals surface area contributed by atoms with Crippen LogP contribution in [0.25, 0.3) is 0 Å². The van der Waals surface area contributed by atoms with Gasteiger partial charge in [0.1, 0.15) is 11.6 Å². The van der Waals surface area contributed by atoms with Gasteiger partial charge in [-0.15, -0.1) is 0 Å². The number of ether oxygens (including phenoxy) is 2. The molecule has 36 heavy (non-hydrogen) atoms. The van der Waals surface area contributed by atoms with Crippen LogP contribution in [0.3, 0.4) is 0 Å². The van der Waals surface area contributed by atoms with Crippen molar-refractivity contribution >= 4 is 29.2 Å². The molecule has 4 N–H and O–H groups in total. The van der Waals surface area contributed by atoms with E-state index < -0.39 is 0 Å². The van der Waals surface area contributed by atoms with E-state index in [4.69, 9.17) is 25.7 Å². The first-order valence-corrected chi connectivity index (χ1v) is 12.0. The first-order chi connectivity index (χ1) is 17.3. The van der Waals surface area contributed by atoms with E-state index in [1.807, 2.05) is 19.1 Å². The Kier molecular flexibility index (Phi) is 9.35. The van der Waals surface area contributed by atoms with E-state index in [1.165, 1.54) is 6.92 Å². The molecule has 0 bridgehead atoms. The molecule has 0 unspecified atom stereocenters. The van der Waals surface area contributed by atoms with Gasteiger partial charge < -0.3 is 19.7 Å². The lowest BCUT2D eigenvalue weighted by atomic mass is 10.0. The van der Waals surface area contributed by atoms with E-state index in [0.717, 1.165) is 25.9 Å². The van der Waals surface area contributed by atoms with Crippen LogP contribution in [0.2, 0.25) is 0 Å². The molecular formula is C27H34N6O3. The smallest absolute Gasteiger partial charge is 0.259 e. The molecule has 0 radical (unpaired) electrons. The third-order valence-corrected chi connectivity index (χ3v) is 5.79. The van der Waals surface area contributed by atoms with Crippen LogP contribution in [0.1, 0.15) is 42.6 Å². The number of anilines is 1. The van der Waals surface area contributed by atoms with Crippen LogP contribution in [0.15, 0.2) is 60.8 Å². The zero-order chi connectivity index (χ0) is 26.1. The fraction of sp³-hybridized carbons (Fsp3) is 0.333. The summed E-state index contributed by atoms with van der Waals surface area (Å²) < 4.78 is 10.6. The third kappa shape index (κ3) is 7.26. The van der Waals surface area contributed by atoms with Gasteiger partial charge in [-0.1, -0.05) is 12.1 Å². The van der Waals surface area contributed by atoms with Crippen LogP contribution < -0.4 is 10.1 Å². The van der Waals surface area contributed by atoms with Crippen molar-refractivity contribution in [2.75, 3.05) is 32.1 Å². The molecule has 9 nitrogen and oxygen atoms in total. The Balaban J connectivity index is 1.77. The summed E-state index contributed by atoms with van der Waals surface area (Å²) in [6.07, 6.45) is 4.75. The lowest BCUT2D eigenvalue weighted by Crippen LogP contribution is -2.48. The fourth-order valence-corrected chi connectivity index (χ4v) is 4.01. The minimum Gasteiger partial charge on any atom is -0.494 e. The number of hydrogen-bond acceptors (Lipinski definition) is 8. The molecule has 0 spiro atoms. The van der Waals surface area contributed by atoms with Gasteiger partial charge in [-0.25, -0.2) is 0 Å². The van der Waals surface area contributed by atoms with Gasteiger partial charge in [0.25, 0.3) is 5.91 Å². The molecule has 3 rings (SSSR count). The van der Waals surface area contributed by atoms with Crippen molar-refractivity contribution in [1.82, 2.24) is 9.80 Å². The first kappa shape index (κ1) is 26.6. The van der Waals surface area contributed by atoms with Gasteiger partial charge >= 0.3 is 0 Å². The monoisotopic (exact) mass is 490 g/mol. The van der Waals surface area contributed by atoms with Gasteiger partial charge in [0.15, 0.2) is 5.90 Å². The van der Waals surface area contributed by atoms with Gasteiger partial charge in [-0.3, -0.25) is 25.9 Å². The van der Waals surface area contributed by atoms with Gasteiger partial charge in [0.05, 0.1) is 6.61 Å². The van der Waals surface area contributed by atoms with Crippen LogP contribution in [0.4, 0.5) is 5.69 Å². The number of benzene rings is 2. The van der Waals surface area contributed by atoms with Crippen molar-refractivity contribution in [3.8, 4) is 5.75 Å². The number of rotatable bonds is 8.